The minimum absolute atomic E-state index is 0.136. The van der Waals surface area contributed by atoms with Crippen LogP contribution in [-0.4, -0.2) is 65.1 Å². The van der Waals surface area contributed by atoms with Crippen molar-refractivity contribution in [2.45, 2.75) is 84.0 Å². The van der Waals surface area contributed by atoms with Crippen LogP contribution in [0.2, 0.25) is 0 Å². The van der Waals surface area contributed by atoms with Crippen LogP contribution < -0.4 is 10.1 Å². The molecule has 0 bridgehead atoms. The number of ether oxygens (including phenoxy) is 2. The average Bonchev–Trinajstić information content (AvgIpc) is 2.89. The number of nitrogens with zero attached hydrogens (tertiary/aromatic N) is 2. The molecule has 0 spiro atoms. The van der Waals surface area contributed by atoms with Gasteiger partial charge in [0, 0.05) is 43.9 Å². The summed E-state index contributed by atoms with van der Waals surface area (Å²) in [4.78, 5) is 19.0. The normalized spacial score (nSPS) is 23.4. The highest BCUT2D eigenvalue weighted by Crippen LogP contribution is 2.28. The molecule has 1 aromatic heterocycles. The van der Waals surface area contributed by atoms with Crippen molar-refractivity contribution in [2.75, 3.05) is 26.2 Å². The van der Waals surface area contributed by atoms with E-state index >= 15 is 0 Å². The van der Waals surface area contributed by atoms with Crippen molar-refractivity contribution in [1.82, 2.24) is 15.2 Å². The van der Waals surface area contributed by atoms with E-state index in [0.29, 0.717) is 19.0 Å². The van der Waals surface area contributed by atoms with Crippen molar-refractivity contribution in [3.8, 4) is 5.88 Å². The van der Waals surface area contributed by atoms with E-state index < -0.39 is 5.60 Å². The molecule has 1 aliphatic carbocycles. The summed E-state index contributed by atoms with van der Waals surface area (Å²) < 4.78 is 10.9. The van der Waals surface area contributed by atoms with E-state index in [1.165, 1.54) is 5.56 Å². The number of aliphatic hydroxyl groups is 1. The molecular formula is C24H39N3O4. The number of hydrogen-bond acceptors (Lipinski definition) is 6. The molecule has 3 rings (SSSR count). The number of carbonyl (C=O) groups excluding carboxylic acids is 1. The zero-order valence-electron chi connectivity index (χ0n) is 19.5. The van der Waals surface area contributed by atoms with E-state index in [2.05, 4.69) is 21.3 Å². The molecule has 31 heavy (non-hydrogen) atoms. The van der Waals surface area contributed by atoms with Crippen molar-refractivity contribution in [3.63, 3.8) is 0 Å². The van der Waals surface area contributed by atoms with Crippen LogP contribution in [0.3, 0.4) is 0 Å². The van der Waals surface area contributed by atoms with Gasteiger partial charge in [0.25, 0.3) is 0 Å². The zero-order valence-corrected chi connectivity index (χ0v) is 19.5. The maximum atomic E-state index is 12.0. The molecule has 1 fully saturated rings. The molecule has 7 heteroatoms. The molecule has 1 aromatic rings. The number of aromatic nitrogens is 1. The van der Waals surface area contributed by atoms with Gasteiger partial charge in [-0.05, 0) is 71.3 Å². The van der Waals surface area contributed by atoms with E-state index in [0.717, 1.165) is 57.3 Å². The Morgan fingerprint density at radius 1 is 1.23 bits per heavy atom. The molecule has 0 saturated heterocycles. The van der Waals surface area contributed by atoms with Gasteiger partial charge in [-0.15, -0.1) is 0 Å². The molecule has 1 atom stereocenters. The number of pyridine rings is 1. The number of nitrogens with one attached hydrogen (secondary N) is 1. The lowest BCUT2D eigenvalue weighted by Crippen LogP contribution is -2.44. The quantitative estimate of drug-likeness (QED) is 0.716. The van der Waals surface area contributed by atoms with Gasteiger partial charge in [0.05, 0.1) is 12.7 Å². The van der Waals surface area contributed by atoms with Gasteiger partial charge in [-0.3, -0.25) is 0 Å². The van der Waals surface area contributed by atoms with Crippen LogP contribution in [0.15, 0.2) is 12.1 Å². The summed E-state index contributed by atoms with van der Waals surface area (Å²) in [6.07, 6.45) is 4.78. The topological polar surface area (TPSA) is 83.9 Å². The highest BCUT2D eigenvalue weighted by Gasteiger charge is 2.29. The fraction of sp³-hybridized carbons (Fsp3) is 0.750. The van der Waals surface area contributed by atoms with Crippen molar-refractivity contribution < 1.29 is 19.4 Å². The lowest BCUT2D eigenvalue weighted by molar-refractivity contribution is 0.0364. The lowest BCUT2D eigenvalue weighted by atomic mass is 9.82. The first-order chi connectivity index (χ1) is 14.7. The zero-order chi connectivity index (χ0) is 22.4. The molecule has 174 valence electrons. The second-order valence-corrected chi connectivity index (χ2v) is 9.81. The minimum Gasteiger partial charge on any atom is -0.478 e. The molecular weight excluding hydrogens is 394 g/mol. The van der Waals surface area contributed by atoms with Crippen LogP contribution in [-0.2, 0) is 17.6 Å². The maximum Gasteiger partial charge on any atom is 0.407 e. The average molecular weight is 434 g/mol. The fourth-order valence-electron chi connectivity index (χ4n) is 4.56. The molecule has 7 nitrogen and oxygen atoms in total. The fourth-order valence-corrected chi connectivity index (χ4v) is 4.56. The van der Waals surface area contributed by atoms with Gasteiger partial charge in [0.15, 0.2) is 0 Å². The second-order valence-electron chi connectivity index (χ2n) is 9.81. The van der Waals surface area contributed by atoms with E-state index in [4.69, 9.17) is 9.47 Å². The summed E-state index contributed by atoms with van der Waals surface area (Å²) in [6, 6.07) is 4.22. The van der Waals surface area contributed by atoms with Gasteiger partial charge in [-0.1, -0.05) is 6.07 Å². The number of β-amino-alcohol motifs (C(OH)–C–C–N with tert-alkyl or cyclic N) is 1. The predicted molar refractivity (Wildman–Crippen MR) is 120 cm³/mol. The summed E-state index contributed by atoms with van der Waals surface area (Å²) in [5.41, 5.74) is 1.93. The summed E-state index contributed by atoms with van der Waals surface area (Å²) in [7, 11) is 0. The molecule has 1 amide bonds. The molecule has 0 aromatic carbocycles. The van der Waals surface area contributed by atoms with Gasteiger partial charge in [0.1, 0.15) is 5.60 Å². The number of carbonyl (C=O) groups is 1. The molecule has 2 heterocycles. The summed E-state index contributed by atoms with van der Waals surface area (Å²) in [5.74, 6) is 0.983. The van der Waals surface area contributed by atoms with Crippen molar-refractivity contribution in [1.29, 1.82) is 0 Å². The Bertz CT molecular complexity index is 726. The SMILES string of the molecule is CCOc1ccc2c(n1)CCN(CC(O)C1CCC(NC(=O)OC(C)(C)C)CC1)CC2. The number of rotatable bonds is 6. The lowest BCUT2D eigenvalue weighted by Gasteiger charge is -2.34. The standard InChI is InChI=1S/C24H39N3O4/c1-5-30-22-11-8-17-12-14-27(15-13-20(17)26-22)16-21(28)18-6-9-19(10-7-18)25-23(29)31-24(2,3)4/h8,11,18-19,21,28H,5-7,9-10,12-16H2,1-4H3,(H,25,29). The van der Waals surface area contributed by atoms with Crippen LogP contribution >= 0.6 is 0 Å². The third-order valence-electron chi connectivity index (χ3n) is 6.18. The van der Waals surface area contributed by atoms with Crippen LogP contribution in [0, 0.1) is 5.92 Å². The van der Waals surface area contributed by atoms with E-state index in [1.807, 2.05) is 33.8 Å². The Morgan fingerprint density at radius 2 is 1.94 bits per heavy atom. The number of amides is 1. The number of aliphatic hydroxyl groups excluding tert-OH is 1. The third-order valence-corrected chi connectivity index (χ3v) is 6.18. The number of fused-ring (bicyclic) bond motifs is 1. The summed E-state index contributed by atoms with van der Waals surface area (Å²) in [5, 5.41) is 13.9. The number of alkyl carbamates (subject to hydrolysis) is 1. The first-order valence-corrected chi connectivity index (χ1v) is 11.7. The van der Waals surface area contributed by atoms with Crippen LogP contribution in [0.4, 0.5) is 4.79 Å². The van der Waals surface area contributed by atoms with Gasteiger partial charge >= 0.3 is 6.09 Å². The second kappa shape index (κ2) is 10.6. The number of hydrogen-bond donors (Lipinski definition) is 2. The predicted octanol–water partition coefficient (Wildman–Crippen LogP) is 3.33. The first-order valence-electron chi connectivity index (χ1n) is 11.7. The Balaban J connectivity index is 1.43. The Labute approximate surface area is 186 Å². The largest absolute Gasteiger partial charge is 0.478 e. The van der Waals surface area contributed by atoms with Crippen molar-refractivity contribution in [2.24, 2.45) is 5.92 Å². The highest BCUT2D eigenvalue weighted by molar-refractivity contribution is 5.68. The Kier molecular flexibility index (Phi) is 8.17. The van der Waals surface area contributed by atoms with Crippen molar-refractivity contribution in [3.05, 3.63) is 23.4 Å². The van der Waals surface area contributed by atoms with Crippen molar-refractivity contribution >= 4 is 6.09 Å². The highest BCUT2D eigenvalue weighted by atomic mass is 16.6. The van der Waals surface area contributed by atoms with Gasteiger partial charge in [0.2, 0.25) is 5.88 Å². The molecule has 2 N–H and O–H groups in total. The van der Waals surface area contributed by atoms with E-state index in [-0.39, 0.29) is 24.2 Å². The Hall–Kier alpha value is -1.86. The van der Waals surface area contributed by atoms with E-state index in [9.17, 15) is 9.90 Å². The first kappa shape index (κ1) is 23.8. The third kappa shape index (κ3) is 7.35. The smallest absolute Gasteiger partial charge is 0.407 e. The monoisotopic (exact) mass is 433 g/mol. The molecule has 1 saturated carbocycles. The molecule has 0 radical (unpaired) electrons. The summed E-state index contributed by atoms with van der Waals surface area (Å²) in [6.45, 7) is 10.7. The molecule has 2 aliphatic rings. The molecule has 1 aliphatic heterocycles. The van der Waals surface area contributed by atoms with Crippen LogP contribution in [0.1, 0.15) is 64.6 Å². The minimum atomic E-state index is -0.482. The maximum absolute atomic E-state index is 12.0. The van der Waals surface area contributed by atoms with Gasteiger partial charge < -0.3 is 24.8 Å². The van der Waals surface area contributed by atoms with Crippen LogP contribution in [0.25, 0.3) is 0 Å². The Morgan fingerprint density at radius 3 is 2.61 bits per heavy atom. The van der Waals surface area contributed by atoms with Crippen LogP contribution in [0.5, 0.6) is 5.88 Å². The van der Waals surface area contributed by atoms with E-state index in [1.54, 1.807) is 0 Å². The summed E-state index contributed by atoms with van der Waals surface area (Å²) >= 11 is 0. The van der Waals surface area contributed by atoms with Gasteiger partial charge in [-0.25, -0.2) is 9.78 Å². The van der Waals surface area contributed by atoms with Gasteiger partial charge in [-0.2, -0.15) is 0 Å². The molecule has 1 unspecified atom stereocenters.